The van der Waals surface area contributed by atoms with E-state index in [4.69, 9.17) is 5.73 Å². The Hall–Kier alpha value is -1.36. The maximum absolute atomic E-state index is 5.72. The molecule has 0 unspecified atom stereocenters. The van der Waals surface area contributed by atoms with E-state index in [1.165, 1.54) is 0 Å². The summed E-state index contributed by atoms with van der Waals surface area (Å²) in [7, 11) is 2.02. The molecule has 0 saturated carbocycles. The van der Waals surface area contributed by atoms with Gasteiger partial charge in [0.2, 0.25) is 0 Å². The molecule has 0 aromatic carbocycles. The minimum atomic E-state index is 0.0652. The highest BCUT2D eigenvalue weighted by Gasteiger charge is 2.15. The van der Waals surface area contributed by atoms with Crippen LogP contribution in [-0.4, -0.2) is 36.6 Å². The number of anilines is 2. The summed E-state index contributed by atoms with van der Waals surface area (Å²) in [6.45, 7) is 10.6. The Morgan fingerprint density at radius 3 is 2.61 bits per heavy atom. The molecule has 0 aliphatic rings. The van der Waals surface area contributed by atoms with E-state index >= 15 is 0 Å². The van der Waals surface area contributed by atoms with Crippen LogP contribution in [-0.2, 0) is 0 Å². The lowest BCUT2D eigenvalue weighted by atomic mass is 9.94. The number of nitrogens with zero attached hydrogens (tertiary/aromatic N) is 3. The summed E-state index contributed by atoms with van der Waals surface area (Å²) in [6, 6.07) is 1.98. The fourth-order valence-electron chi connectivity index (χ4n) is 1.40. The van der Waals surface area contributed by atoms with Crippen molar-refractivity contribution in [2.75, 3.05) is 36.9 Å². The number of nitrogens with one attached hydrogen (secondary N) is 1. The first-order valence-electron chi connectivity index (χ1n) is 6.38. The first-order valence-corrected chi connectivity index (χ1v) is 6.38. The van der Waals surface area contributed by atoms with Gasteiger partial charge in [-0.1, -0.05) is 13.8 Å². The molecule has 1 aromatic heterocycles. The van der Waals surface area contributed by atoms with Crippen molar-refractivity contribution < 1.29 is 0 Å². The molecule has 3 N–H and O–H groups in total. The highest BCUT2D eigenvalue weighted by molar-refractivity contribution is 5.48. The smallest absolute Gasteiger partial charge is 0.134 e. The molecule has 1 rings (SSSR count). The summed E-state index contributed by atoms with van der Waals surface area (Å²) in [5.74, 6) is 2.58. The van der Waals surface area contributed by atoms with Gasteiger partial charge in [-0.05, 0) is 25.8 Å². The number of aryl methyl sites for hydroxylation is 1. The lowest BCUT2D eigenvalue weighted by molar-refractivity contribution is 0.405. The number of aromatic nitrogens is 2. The molecule has 0 saturated heterocycles. The summed E-state index contributed by atoms with van der Waals surface area (Å²) in [5.41, 5.74) is 5.78. The van der Waals surface area contributed by atoms with Crippen LogP contribution in [0.4, 0.5) is 11.6 Å². The van der Waals surface area contributed by atoms with Crippen LogP contribution in [0.3, 0.4) is 0 Å². The third-order valence-corrected chi connectivity index (χ3v) is 2.99. The molecule has 1 heterocycles. The molecule has 0 fully saturated rings. The van der Waals surface area contributed by atoms with Gasteiger partial charge in [0.05, 0.1) is 0 Å². The summed E-state index contributed by atoms with van der Waals surface area (Å²) in [6.07, 6.45) is 0. The van der Waals surface area contributed by atoms with Crippen LogP contribution < -0.4 is 16.0 Å². The predicted molar refractivity (Wildman–Crippen MR) is 77.0 cm³/mol. The van der Waals surface area contributed by atoms with Gasteiger partial charge in [-0.3, -0.25) is 0 Å². The van der Waals surface area contributed by atoms with Crippen LogP contribution in [0.1, 0.15) is 26.6 Å². The van der Waals surface area contributed by atoms with Crippen molar-refractivity contribution in [3.05, 3.63) is 11.9 Å². The monoisotopic (exact) mass is 251 g/mol. The molecule has 0 amide bonds. The van der Waals surface area contributed by atoms with Gasteiger partial charge >= 0.3 is 0 Å². The van der Waals surface area contributed by atoms with E-state index in [-0.39, 0.29) is 5.41 Å². The molecule has 5 heteroatoms. The third kappa shape index (κ3) is 4.14. The van der Waals surface area contributed by atoms with Gasteiger partial charge in [0, 0.05) is 26.2 Å². The van der Waals surface area contributed by atoms with Crippen molar-refractivity contribution in [3.63, 3.8) is 0 Å². The van der Waals surface area contributed by atoms with Crippen LogP contribution >= 0.6 is 0 Å². The predicted octanol–water partition coefficient (Wildman–Crippen LogP) is 1.64. The van der Waals surface area contributed by atoms with E-state index < -0.39 is 0 Å². The summed E-state index contributed by atoms with van der Waals surface area (Å²) < 4.78 is 0. The van der Waals surface area contributed by atoms with Gasteiger partial charge in [-0.15, -0.1) is 0 Å². The topological polar surface area (TPSA) is 67.1 Å². The number of hydrogen-bond donors (Lipinski definition) is 2. The minimum absolute atomic E-state index is 0.0652. The van der Waals surface area contributed by atoms with Crippen molar-refractivity contribution in [2.45, 2.75) is 27.7 Å². The first-order chi connectivity index (χ1) is 8.38. The van der Waals surface area contributed by atoms with Crippen LogP contribution in [0.15, 0.2) is 6.07 Å². The Bertz CT molecular complexity index is 389. The van der Waals surface area contributed by atoms with Gasteiger partial charge in [-0.2, -0.15) is 0 Å². The van der Waals surface area contributed by atoms with Crippen LogP contribution in [0.5, 0.6) is 0 Å². The van der Waals surface area contributed by atoms with Crippen LogP contribution in [0, 0.1) is 12.3 Å². The normalized spacial score (nSPS) is 11.4. The van der Waals surface area contributed by atoms with E-state index in [9.17, 15) is 0 Å². The second-order valence-corrected chi connectivity index (χ2v) is 5.39. The molecular weight excluding hydrogens is 226 g/mol. The molecule has 0 aliphatic carbocycles. The van der Waals surface area contributed by atoms with Crippen molar-refractivity contribution >= 4 is 11.6 Å². The minimum Gasteiger partial charge on any atom is -0.369 e. The van der Waals surface area contributed by atoms with Gasteiger partial charge < -0.3 is 16.0 Å². The lowest BCUT2D eigenvalue weighted by Gasteiger charge is -2.23. The summed E-state index contributed by atoms with van der Waals surface area (Å²) in [4.78, 5) is 10.9. The highest BCUT2D eigenvalue weighted by atomic mass is 15.2. The van der Waals surface area contributed by atoms with Gasteiger partial charge in [-0.25, -0.2) is 9.97 Å². The SMILES string of the molecule is CCN(C)c1cc(NCC(C)(C)CN)nc(C)n1. The molecule has 0 bridgehead atoms. The summed E-state index contributed by atoms with van der Waals surface area (Å²) in [5, 5.41) is 3.34. The Morgan fingerprint density at radius 2 is 2.06 bits per heavy atom. The van der Waals surface area contributed by atoms with Crippen molar-refractivity contribution in [1.82, 2.24) is 9.97 Å². The zero-order chi connectivity index (χ0) is 13.8. The van der Waals surface area contributed by atoms with E-state index in [2.05, 4.69) is 41.0 Å². The average molecular weight is 251 g/mol. The number of hydrogen-bond acceptors (Lipinski definition) is 5. The molecule has 18 heavy (non-hydrogen) atoms. The lowest BCUT2D eigenvalue weighted by Crippen LogP contribution is -2.31. The Morgan fingerprint density at radius 1 is 1.39 bits per heavy atom. The second kappa shape index (κ2) is 6.00. The Kier molecular flexibility index (Phi) is 4.90. The zero-order valence-corrected chi connectivity index (χ0v) is 12.1. The maximum Gasteiger partial charge on any atom is 0.134 e. The van der Waals surface area contributed by atoms with Gasteiger partial charge in [0.15, 0.2) is 0 Å². The number of rotatable bonds is 6. The van der Waals surface area contributed by atoms with Gasteiger partial charge in [0.1, 0.15) is 17.5 Å². The quantitative estimate of drug-likeness (QED) is 0.804. The largest absolute Gasteiger partial charge is 0.369 e. The second-order valence-electron chi connectivity index (χ2n) is 5.39. The highest BCUT2D eigenvalue weighted by Crippen LogP contribution is 2.17. The first kappa shape index (κ1) is 14.7. The van der Waals surface area contributed by atoms with Gasteiger partial charge in [0.25, 0.3) is 0 Å². The fourth-order valence-corrected chi connectivity index (χ4v) is 1.40. The van der Waals surface area contributed by atoms with E-state index in [0.29, 0.717) is 6.54 Å². The average Bonchev–Trinajstić information content (AvgIpc) is 2.35. The molecule has 0 atom stereocenters. The molecule has 102 valence electrons. The van der Waals surface area contributed by atoms with E-state index in [1.807, 2.05) is 20.0 Å². The van der Waals surface area contributed by atoms with Crippen molar-refractivity contribution in [3.8, 4) is 0 Å². The zero-order valence-electron chi connectivity index (χ0n) is 12.1. The fraction of sp³-hybridized carbons (Fsp3) is 0.692. The number of nitrogens with two attached hydrogens (primary N) is 1. The van der Waals surface area contributed by atoms with Crippen molar-refractivity contribution in [2.24, 2.45) is 11.1 Å². The Balaban J connectivity index is 2.80. The van der Waals surface area contributed by atoms with Crippen LogP contribution in [0.2, 0.25) is 0 Å². The van der Waals surface area contributed by atoms with Crippen LogP contribution in [0.25, 0.3) is 0 Å². The molecular formula is C13H25N5. The van der Waals surface area contributed by atoms with E-state index in [1.54, 1.807) is 0 Å². The Labute approximate surface area is 110 Å². The molecule has 1 aromatic rings. The molecule has 0 radical (unpaired) electrons. The molecule has 5 nitrogen and oxygen atoms in total. The molecule has 0 aliphatic heterocycles. The summed E-state index contributed by atoms with van der Waals surface area (Å²) >= 11 is 0. The van der Waals surface area contributed by atoms with E-state index in [0.717, 1.165) is 30.5 Å². The maximum atomic E-state index is 5.72. The van der Waals surface area contributed by atoms with Crippen molar-refractivity contribution in [1.29, 1.82) is 0 Å². The molecule has 0 spiro atoms. The standard InChI is InChI=1S/C13H25N5/c1-6-18(5)12-7-11(16-10(2)17-12)15-9-13(3,4)8-14/h7H,6,8-9,14H2,1-5H3,(H,15,16,17). The third-order valence-electron chi connectivity index (χ3n) is 2.99.